The third-order valence-electron chi connectivity index (χ3n) is 1.98. The lowest BCUT2D eigenvalue weighted by atomic mass is 10.2. The monoisotopic (exact) mass is 264 g/mol. The molecule has 0 aromatic heterocycles. The Kier molecular flexibility index (Phi) is 9.89. The maximum atomic E-state index is 11.4. The van der Waals surface area contributed by atoms with Gasteiger partial charge in [0.1, 0.15) is 0 Å². The predicted octanol–water partition coefficient (Wildman–Crippen LogP) is -0.326. The summed E-state index contributed by atoms with van der Waals surface area (Å²) >= 11 is 1.64. The standard InChI is InChI=1S/C10H20N2O4S/c1-17-7-3-8(11)10(15)12-4-6-16-5-2-9(13)14/h8H,2-7,11H2,1H3,(H,12,15)(H,13,14)/t8-/m0/s1. The Morgan fingerprint density at radius 2 is 2.18 bits per heavy atom. The summed E-state index contributed by atoms with van der Waals surface area (Å²) in [7, 11) is 0. The molecule has 0 rings (SSSR count). The Morgan fingerprint density at radius 1 is 1.47 bits per heavy atom. The molecular formula is C10H20N2O4S. The van der Waals surface area contributed by atoms with Gasteiger partial charge in [-0.15, -0.1) is 0 Å². The van der Waals surface area contributed by atoms with Crippen LogP contribution in [0.1, 0.15) is 12.8 Å². The summed E-state index contributed by atoms with van der Waals surface area (Å²) in [5.41, 5.74) is 5.64. The molecule has 7 heteroatoms. The van der Waals surface area contributed by atoms with Crippen LogP contribution in [-0.2, 0) is 14.3 Å². The number of carbonyl (C=O) groups is 2. The number of carbonyl (C=O) groups excluding carboxylic acids is 1. The van der Waals surface area contributed by atoms with Crippen molar-refractivity contribution in [1.82, 2.24) is 5.32 Å². The minimum atomic E-state index is -0.895. The van der Waals surface area contributed by atoms with Gasteiger partial charge in [0.15, 0.2) is 0 Å². The quantitative estimate of drug-likeness (QED) is 0.467. The number of hydrogen-bond acceptors (Lipinski definition) is 5. The molecule has 0 unspecified atom stereocenters. The summed E-state index contributed by atoms with van der Waals surface area (Å²) < 4.78 is 5.02. The maximum absolute atomic E-state index is 11.4. The van der Waals surface area contributed by atoms with Gasteiger partial charge in [-0.1, -0.05) is 0 Å². The molecule has 1 atom stereocenters. The smallest absolute Gasteiger partial charge is 0.305 e. The minimum absolute atomic E-state index is 0.0266. The zero-order chi connectivity index (χ0) is 13.1. The second kappa shape index (κ2) is 10.4. The van der Waals surface area contributed by atoms with Crippen molar-refractivity contribution in [2.45, 2.75) is 18.9 Å². The molecule has 0 aliphatic heterocycles. The van der Waals surface area contributed by atoms with Crippen molar-refractivity contribution in [3.63, 3.8) is 0 Å². The van der Waals surface area contributed by atoms with Gasteiger partial charge in [0.25, 0.3) is 0 Å². The van der Waals surface area contributed by atoms with E-state index in [-0.39, 0.29) is 18.9 Å². The van der Waals surface area contributed by atoms with Crippen LogP contribution in [0.4, 0.5) is 0 Å². The van der Waals surface area contributed by atoms with Crippen LogP contribution in [0.2, 0.25) is 0 Å². The van der Waals surface area contributed by atoms with E-state index < -0.39 is 12.0 Å². The molecule has 6 nitrogen and oxygen atoms in total. The highest BCUT2D eigenvalue weighted by molar-refractivity contribution is 7.98. The van der Waals surface area contributed by atoms with Crippen LogP contribution in [0.15, 0.2) is 0 Å². The van der Waals surface area contributed by atoms with E-state index in [1.807, 2.05) is 6.26 Å². The maximum Gasteiger partial charge on any atom is 0.305 e. The first-order chi connectivity index (χ1) is 8.07. The molecule has 0 saturated heterocycles. The van der Waals surface area contributed by atoms with Crippen LogP contribution in [0.25, 0.3) is 0 Å². The summed E-state index contributed by atoms with van der Waals surface area (Å²) in [5, 5.41) is 11.0. The fourth-order valence-corrected chi connectivity index (χ4v) is 1.50. The molecule has 0 fully saturated rings. The average molecular weight is 264 g/mol. The molecule has 0 saturated carbocycles. The molecule has 0 heterocycles. The van der Waals surface area contributed by atoms with E-state index in [9.17, 15) is 9.59 Å². The SMILES string of the molecule is CSCC[C@H](N)C(=O)NCCOCCC(=O)O. The van der Waals surface area contributed by atoms with E-state index in [0.29, 0.717) is 19.6 Å². The fraction of sp³-hybridized carbons (Fsp3) is 0.800. The first-order valence-electron chi connectivity index (χ1n) is 5.39. The van der Waals surface area contributed by atoms with Crippen molar-refractivity contribution in [3.05, 3.63) is 0 Å². The number of rotatable bonds is 10. The third-order valence-corrected chi connectivity index (χ3v) is 2.62. The van der Waals surface area contributed by atoms with Gasteiger partial charge < -0.3 is 20.9 Å². The fourth-order valence-electron chi connectivity index (χ4n) is 1.01. The lowest BCUT2D eigenvalue weighted by Crippen LogP contribution is -2.42. The lowest BCUT2D eigenvalue weighted by molar-refractivity contribution is -0.138. The van der Waals surface area contributed by atoms with E-state index in [0.717, 1.165) is 5.75 Å². The van der Waals surface area contributed by atoms with Crippen molar-refractivity contribution in [2.24, 2.45) is 5.73 Å². The van der Waals surface area contributed by atoms with Crippen molar-refractivity contribution < 1.29 is 19.4 Å². The normalized spacial score (nSPS) is 12.1. The van der Waals surface area contributed by atoms with Crippen LogP contribution >= 0.6 is 11.8 Å². The van der Waals surface area contributed by atoms with E-state index in [1.165, 1.54) is 0 Å². The van der Waals surface area contributed by atoms with Gasteiger partial charge in [0.2, 0.25) is 5.91 Å². The first kappa shape index (κ1) is 16.2. The van der Waals surface area contributed by atoms with Crippen LogP contribution in [0, 0.1) is 0 Å². The van der Waals surface area contributed by atoms with Gasteiger partial charge >= 0.3 is 5.97 Å². The van der Waals surface area contributed by atoms with Gasteiger partial charge in [0, 0.05) is 6.54 Å². The number of ether oxygens (including phenoxy) is 1. The Balaban J connectivity index is 3.41. The van der Waals surface area contributed by atoms with Gasteiger partial charge in [0.05, 0.1) is 25.7 Å². The number of carboxylic acid groups (broad SMARTS) is 1. The van der Waals surface area contributed by atoms with Crippen molar-refractivity contribution in [1.29, 1.82) is 0 Å². The molecule has 17 heavy (non-hydrogen) atoms. The van der Waals surface area contributed by atoms with Crippen molar-refractivity contribution in [3.8, 4) is 0 Å². The molecule has 0 radical (unpaired) electrons. The zero-order valence-electron chi connectivity index (χ0n) is 9.98. The average Bonchev–Trinajstić information content (AvgIpc) is 2.29. The van der Waals surface area contributed by atoms with Gasteiger partial charge in [-0.3, -0.25) is 9.59 Å². The second-order valence-electron chi connectivity index (χ2n) is 3.44. The van der Waals surface area contributed by atoms with Crippen LogP contribution in [0.3, 0.4) is 0 Å². The Morgan fingerprint density at radius 3 is 2.76 bits per heavy atom. The Labute approximate surface area is 105 Å². The predicted molar refractivity (Wildman–Crippen MR) is 67.1 cm³/mol. The molecule has 100 valence electrons. The highest BCUT2D eigenvalue weighted by Crippen LogP contribution is 1.98. The topological polar surface area (TPSA) is 102 Å². The molecule has 0 bridgehead atoms. The first-order valence-corrected chi connectivity index (χ1v) is 6.79. The van der Waals surface area contributed by atoms with Gasteiger partial charge in [-0.25, -0.2) is 0 Å². The number of nitrogens with one attached hydrogen (secondary N) is 1. The number of aliphatic carboxylic acids is 1. The van der Waals surface area contributed by atoms with E-state index in [4.69, 9.17) is 15.6 Å². The Bertz CT molecular complexity index is 238. The number of amides is 1. The molecule has 0 aliphatic rings. The highest BCUT2D eigenvalue weighted by Gasteiger charge is 2.11. The van der Waals surface area contributed by atoms with Gasteiger partial charge in [-0.2, -0.15) is 11.8 Å². The summed E-state index contributed by atoms with van der Waals surface area (Å²) in [6.07, 6.45) is 2.58. The van der Waals surface area contributed by atoms with Crippen LogP contribution in [0.5, 0.6) is 0 Å². The molecule has 4 N–H and O–H groups in total. The zero-order valence-corrected chi connectivity index (χ0v) is 10.8. The molecule has 0 spiro atoms. The molecular weight excluding hydrogens is 244 g/mol. The van der Waals surface area contributed by atoms with E-state index >= 15 is 0 Å². The van der Waals surface area contributed by atoms with E-state index in [2.05, 4.69) is 5.32 Å². The Hall–Kier alpha value is -0.790. The summed E-state index contributed by atoms with van der Waals surface area (Å²) in [6, 6.07) is -0.485. The molecule has 0 aliphatic carbocycles. The lowest BCUT2D eigenvalue weighted by Gasteiger charge is -2.11. The van der Waals surface area contributed by atoms with Crippen LogP contribution < -0.4 is 11.1 Å². The van der Waals surface area contributed by atoms with Crippen molar-refractivity contribution in [2.75, 3.05) is 31.8 Å². The molecule has 1 amide bonds. The third kappa shape index (κ3) is 10.1. The second-order valence-corrected chi connectivity index (χ2v) is 4.42. The largest absolute Gasteiger partial charge is 0.481 e. The number of thioether (sulfide) groups is 1. The number of nitrogens with two attached hydrogens (primary N) is 1. The summed E-state index contributed by atoms with van der Waals surface area (Å²) in [6.45, 7) is 0.809. The molecule has 0 aromatic carbocycles. The minimum Gasteiger partial charge on any atom is -0.481 e. The summed E-state index contributed by atoms with van der Waals surface area (Å²) in [5.74, 6) is -0.238. The summed E-state index contributed by atoms with van der Waals surface area (Å²) in [4.78, 5) is 21.6. The van der Waals surface area contributed by atoms with Crippen molar-refractivity contribution >= 4 is 23.6 Å². The van der Waals surface area contributed by atoms with Gasteiger partial charge in [-0.05, 0) is 18.4 Å². The molecule has 0 aromatic rings. The highest BCUT2D eigenvalue weighted by atomic mass is 32.2. The number of hydrogen-bond donors (Lipinski definition) is 3. The number of carboxylic acids is 1. The van der Waals surface area contributed by atoms with E-state index in [1.54, 1.807) is 11.8 Å². The van der Waals surface area contributed by atoms with Crippen LogP contribution in [-0.4, -0.2) is 54.8 Å².